The van der Waals surface area contributed by atoms with Crippen molar-refractivity contribution in [2.24, 2.45) is 5.41 Å². The molecule has 0 bridgehead atoms. The Morgan fingerprint density at radius 2 is 1.63 bits per heavy atom. The summed E-state index contributed by atoms with van der Waals surface area (Å²) in [5.41, 5.74) is 1.65. The van der Waals surface area contributed by atoms with Gasteiger partial charge in [0.1, 0.15) is 0 Å². The van der Waals surface area contributed by atoms with Crippen molar-refractivity contribution < 1.29 is 19.1 Å². The lowest BCUT2D eigenvalue weighted by molar-refractivity contribution is -0.171. The lowest BCUT2D eigenvalue weighted by atomic mass is 9.83. The van der Waals surface area contributed by atoms with E-state index in [1.807, 2.05) is 13.8 Å². The van der Waals surface area contributed by atoms with Crippen LogP contribution in [0.5, 0.6) is 0 Å². The zero-order valence-electron chi connectivity index (χ0n) is 12.2. The van der Waals surface area contributed by atoms with Crippen LogP contribution in [-0.4, -0.2) is 25.2 Å². The van der Waals surface area contributed by atoms with Crippen LogP contribution in [0.25, 0.3) is 0 Å². The Kier molecular flexibility index (Phi) is 4.92. The number of hydrogen-bond donors (Lipinski definition) is 0. The first kappa shape index (κ1) is 15.5. The molecule has 0 radical (unpaired) electrons. The zero-order chi connectivity index (χ0) is 14.6. The first-order valence-corrected chi connectivity index (χ1v) is 6.58. The summed E-state index contributed by atoms with van der Waals surface area (Å²) in [4.78, 5) is 24.4. The summed E-state index contributed by atoms with van der Waals surface area (Å²) in [6.45, 7) is 11.7. The molecule has 0 unspecified atom stereocenters. The highest BCUT2D eigenvalue weighted by atomic mass is 16.6. The summed E-state index contributed by atoms with van der Waals surface area (Å²) in [6.07, 6.45) is 0.679. The Balaban J connectivity index is 3.09. The largest absolute Gasteiger partial charge is 0.465 e. The molecule has 0 heterocycles. The Labute approximate surface area is 114 Å². The van der Waals surface area contributed by atoms with Crippen molar-refractivity contribution in [2.45, 2.75) is 40.5 Å². The van der Waals surface area contributed by atoms with E-state index in [0.29, 0.717) is 12.8 Å². The number of allylic oxidation sites excluding steroid dienone is 3. The van der Waals surface area contributed by atoms with Crippen molar-refractivity contribution in [3.63, 3.8) is 0 Å². The summed E-state index contributed by atoms with van der Waals surface area (Å²) < 4.78 is 10.2. The van der Waals surface area contributed by atoms with E-state index in [1.165, 1.54) is 0 Å². The predicted molar refractivity (Wildman–Crippen MR) is 72.4 cm³/mol. The predicted octanol–water partition coefficient (Wildman–Crippen LogP) is 2.79. The molecule has 0 N–H and O–H groups in total. The van der Waals surface area contributed by atoms with Crippen LogP contribution >= 0.6 is 0 Å². The van der Waals surface area contributed by atoms with Gasteiger partial charge in [-0.2, -0.15) is 0 Å². The van der Waals surface area contributed by atoms with E-state index < -0.39 is 17.4 Å². The van der Waals surface area contributed by atoms with Crippen molar-refractivity contribution >= 4 is 11.9 Å². The number of carbonyl (C=O) groups is 2. The lowest BCUT2D eigenvalue weighted by Crippen LogP contribution is -2.40. The third kappa shape index (κ3) is 2.88. The Morgan fingerprint density at radius 1 is 1.16 bits per heavy atom. The second-order valence-corrected chi connectivity index (χ2v) is 4.92. The van der Waals surface area contributed by atoms with Crippen molar-refractivity contribution in [3.8, 4) is 0 Å². The quantitative estimate of drug-likeness (QED) is 0.567. The van der Waals surface area contributed by atoms with Gasteiger partial charge >= 0.3 is 11.9 Å². The van der Waals surface area contributed by atoms with Crippen LogP contribution < -0.4 is 0 Å². The maximum absolute atomic E-state index is 12.2. The van der Waals surface area contributed by atoms with E-state index in [1.54, 1.807) is 13.8 Å². The van der Waals surface area contributed by atoms with Gasteiger partial charge in [0.05, 0.1) is 13.2 Å². The SMILES string of the molecule is C=C(C)C1=C(C)CC(C(=O)OCC)(C(=O)OCC)C1. The van der Waals surface area contributed by atoms with Gasteiger partial charge < -0.3 is 9.47 Å². The molecule has 1 aliphatic rings. The first-order valence-electron chi connectivity index (χ1n) is 6.58. The van der Waals surface area contributed by atoms with Gasteiger partial charge in [0.15, 0.2) is 5.41 Å². The summed E-state index contributed by atoms with van der Waals surface area (Å²) in [5, 5.41) is 0. The number of hydrogen-bond acceptors (Lipinski definition) is 4. The first-order chi connectivity index (χ1) is 8.89. The highest BCUT2D eigenvalue weighted by Gasteiger charge is 2.52. The molecule has 0 saturated heterocycles. The fraction of sp³-hybridized carbons (Fsp3) is 0.600. The molecular formula is C15H22O4. The molecule has 0 aliphatic heterocycles. The van der Waals surface area contributed by atoms with Crippen LogP contribution in [-0.2, 0) is 19.1 Å². The summed E-state index contributed by atoms with van der Waals surface area (Å²) >= 11 is 0. The van der Waals surface area contributed by atoms with Crippen LogP contribution in [0.2, 0.25) is 0 Å². The minimum Gasteiger partial charge on any atom is -0.465 e. The molecular weight excluding hydrogens is 244 g/mol. The normalized spacial score (nSPS) is 17.3. The Bertz CT molecular complexity index is 413. The van der Waals surface area contributed by atoms with Gasteiger partial charge in [-0.1, -0.05) is 17.7 Å². The van der Waals surface area contributed by atoms with Gasteiger partial charge in [0.25, 0.3) is 0 Å². The van der Waals surface area contributed by atoms with Gasteiger partial charge in [-0.05, 0) is 46.1 Å². The molecule has 0 fully saturated rings. The van der Waals surface area contributed by atoms with Gasteiger partial charge in [0, 0.05) is 0 Å². The minimum absolute atomic E-state index is 0.251. The molecule has 1 aliphatic carbocycles. The number of rotatable bonds is 5. The zero-order valence-corrected chi connectivity index (χ0v) is 12.2. The lowest BCUT2D eigenvalue weighted by Gasteiger charge is -2.25. The third-order valence-corrected chi connectivity index (χ3v) is 3.41. The fourth-order valence-corrected chi connectivity index (χ4v) is 2.50. The summed E-state index contributed by atoms with van der Waals surface area (Å²) in [5.74, 6) is -0.992. The van der Waals surface area contributed by atoms with Gasteiger partial charge in [-0.3, -0.25) is 9.59 Å². The molecule has 106 valence electrons. The van der Waals surface area contributed by atoms with Crippen molar-refractivity contribution in [3.05, 3.63) is 23.3 Å². The molecule has 4 nitrogen and oxygen atoms in total. The molecule has 19 heavy (non-hydrogen) atoms. The molecule has 0 atom stereocenters. The number of esters is 2. The van der Waals surface area contributed by atoms with Crippen LogP contribution in [0.3, 0.4) is 0 Å². The highest BCUT2D eigenvalue weighted by molar-refractivity contribution is 6.01. The summed E-state index contributed by atoms with van der Waals surface area (Å²) in [7, 11) is 0. The third-order valence-electron chi connectivity index (χ3n) is 3.41. The molecule has 0 saturated carbocycles. The second-order valence-electron chi connectivity index (χ2n) is 4.92. The second kappa shape index (κ2) is 6.04. The molecule has 0 spiro atoms. The van der Waals surface area contributed by atoms with E-state index in [-0.39, 0.29) is 13.2 Å². The molecule has 0 aromatic carbocycles. The number of ether oxygens (including phenoxy) is 2. The van der Waals surface area contributed by atoms with Crippen LogP contribution in [0.1, 0.15) is 40.5 Å². The van der Waals surface area contributed by atoms with Gasteiger partial charge in [-0.25, -0.2) is 0 Å². The minimum atomic E-state index is -1.22. The van der Waals surface area contributed by atoms with E-state index in [9.17, 15) is 9.59 Å². The van der Waals surface area contributed by atoms with Gasteiger partial charge in [0.2, 0.25) is 0 Å². The van der Waals surface area contributed by atoms with Crippen molar-refractivity contribution in [2.75, 3.05) is 13.2 Å². The van der Waals surface area contributed by atoms with Crippen molar-refractivity contribution in [1.82, 2.24) is 0 Å². The Hall–Kier alpha value is -1.58. The average molecular weight is 266 g/mol. The highest BCUT2D eigenvalue weighted by Crippen LogP contribution is 2.46. The average Bonchev–Trinajstić information content (AvgIpc) is 2.69. The molecule has 4 heteroatoms. The molecule has 1 rings (SSSR count). The topological polar surface area (TPSA) is 52.6 Å². The van der Waals surface area contributed by atoms with E-state index in [4.69, 9.17) is 9.47 Å². The van der Waals surface area contributed by atoms with E-state index >= 15 is 0 Å². The van der Waals surface area contributed by atoms with E-state index in [0.717, 1.165) is 16.7 Å². The maximum Gasteiger partial charge on any atom is 0.324 e. The van der Waals surface area contributed by atoms with E-state index in [2.05, 4.69) is 6.58 Å². The van der Waals surface area contributed by atoms with Crippen molar-refractivity contribution in [1.29, 1.82) is 0 Å². The monoisotopic (exact) mass is 266 g/mol. The standard InChI is InChI=1S/C15H22O4/c1-6-18-13(16)15(14(17)19-7-2)8-11(5)12(9-15)10(3)4/h3,6-9H2,1-2,4-5H3. The smallest absolute Gasteiger partial charge is 0.324 e. The maximum atomic E-state index is 12.2. The molecule has 0 aromatic rings. The molecule has 0 amide bonds. The molecule has 0 aromatic heterocycles. The fourth-order valence-electron chi connectivity index (χ4n) is 2.50. The van der Waals surface area contributed by atoms with Crippen LogP contribution in [0.15, 0.2) is 23.3 Å². The van der Waals surface area contributed by atoms with Gasteiger partial charge in [-0.15, -0.1) is 0 Å². The van der Waals surface area contributed by atoms with Crippen LogP contribution in [0, 0.1) is 5.41 Å². The Morgan fingerprint density at radius 3 is 1.95 bits per heavy atom. The van der Waals surface area contributed by atoms with Crippen LogP contribution in [0.4, 0.5) is 0 Å². The number of carbonyl (C=O) groups excluding carboxylic acids is 2. The summed E-state index contributed by atoms with van der Waals surface area (Å²) in [6, 6.07) is 0.